The molecule has 0 aromatic carbocycles. The third kappa shape index (κ3) is 6.90. The highest BCUT2D eigenvalue weighted by Crippen LogP contribution is 2.53. The average Bonchev–Trinajstić information content (AvgIpc) is 2.43. The highest BCUT2D eigenvalue weighted by Gasteiger charge is 2.67. The zero-order valence-corrected chi connectivity index (χ0v) is 15.0. The summed E-state index contributed by atoms with van der Waals surface area (Å²) in [5.41, 5.74) is -3.94. The third-order valence-electron chi connectivity index (χ3n) is 4.18. The third-order valence-corrected chi connectivity index (χ3v) is 4.18. The summed E-state index contributed by atoms with van der Waals surface area (Å²) in [4.78, 5) is 11.8. The van der Waals surface area contributed by atoms with Gasteiger partial charge in [-0.05, 0) is 32.1 Å². The van der Waals surface area contributed by atoms with Crippen LogP contribution in [-0.2, 0) is 9.53 Å². The van der Waals surface area contributed by atoms with E-state index in [1.165, 1.54) is 0 Å². The molecule has 0 aromatic heterocycles. The number of carbonyl (C=O) groups is 1. The van der Waals surface area contributed by atoms with Crippen LogP contribution in [-0.4, -0.2) is 24.4 Å². The second-order valence-corrected chi connectivity index (χ2v) is 6.84. The summed E-state index contributed by atoms with van der Waals surface area (Å²) in [5.74, 6) is -0.720. The molecular weight excluding hydrogens is 350 g/mol. The Hall–Kier alpha value is -1.21. The summed E-state index contributed by atoms with van der Waals surface area (Å²) in [7, 11) is 0. The van der Waals surface area contributed by atoms with Gasteiger partial charge in [-0.1, -0.05) is 33.8 Å². The van der Waals surface area contributed by atoms with Crippen LogP contribution < -0.4 is 0 Å². The smallest absolute Gasteiger partial charge is 0.403 e. The molecule has 0 spiro atoms. The van der Waals surface area contributed by atoms with E-state index in [9.17, 15) is 31.1 Å². The minimum absolute atomic E-state index is 0.00887. The Morgan fingerprint density at radius 2 is 1.52 bits per heavy atom. The Morgan fingerprint density at radius 1 is 1.04 bits per heavy atom. The quantitative estimate of drug-likeness (QED) is 0.272. The molecule has 0 bridgehead atoms. The summed E-state index contributed by atoms with van der Waals surface area (Å²) in [6, 6.07) is 0. The van der Waals surface area contributed by atoms with Crippen LogP contribution in [0.4, 0.5) is 26.3 Å². The van der Waals surface area contributed by atoms with Gasteiger partial charge >= 0.3 is 18.3 Å². The van der Waals surface area contributed by atoms with Gasteiger partial charge < -0.3 is 4.74 Å². The minimum atomic E-state index is -5.50. The zero-order chi connectivity index (χ0) is 20.1. The molecule has 148 valence electrons. The summed E-state index contributed by atoms with van der Waals surface area (Å²) in [6.07, 6.45) is -12.7. The standard InChI is InChI=1S/C17H26F6O2/c1-6-12(4)14(24)25-13(9-7-8-11(2)3)10-15(5,16(18,19)20)17(21,22)23/h11,13H,4,6-10H2,1-3,5H3. The highest BCUT2D eigenvalue weighted by molar-refractivity contribution is 5.87. The molecule has 0 aliphatic heterocycles. The number of esters is 1. The van der Waals surface area contributed by atoms with Crippen molar-refractivity contribution in [1.82, 2.24) is 0 Å². The Balaban J connectivity index is 5.42. The molecular formula is C17H26F6O2. The molecule has 25 heavy (non-hydrogen) atoms. The van der Waals surface area contributed by atoms with Crippen LogP contribution in [0.2, 0.25) is 0 Å². The van der Waals surface area contributed by atoms with E-state index < -0.39 is 36.3 Å². The van der Waals surface area contributed by atoms with Crippen molar-refractivity contribution in [2.24, 2.45) is 11.3 Å². The fourth-order valence-electron chi connectivity index (χ4n) is 2.18. The summed E-state index contributed by atoms with van der Waals surface area (Å²) in [6.45, 7) is 8.87. The van der Waals surface area contributed by atoms with E-state index in [-0.39, 0.29) is 31.3 Å². The molecule has 0 amide bonds. The molecule has 0 radical (unpaired) electrons. The molecule has 0 N–H and O–H groups in total. The maximum atomic E-state index is 13.1. The van der Waals surface area contributed by atoms with Crippen molar-refractivity contribution in [3.05, 3.63) is 12.2 Å². The van der Waals surface area contributed by atoms with Crippen LogP contribution in [0, 0.1) is 11.3 Å². The number of ether oxygens (including phenoxy) is 1. The maximum Gasteiger partial charge on any atom is 0.403 e. The summed E-state index contributed by atoms with van der Waals surface area (Å²) in [5, 5.41) is 0. The number of carbonyl (C=O) groups excluding carboxylic acids is 1. The van der Waals surface area contributed by atoms with Gasteiger partial charge in [-0.3, -0.25) is 0 Å². The van der Waals surface area contributed by atoms with E-state index in [1.54, 1.807) is 6.92 Å². The molecule has 0 aliphatic carbocycles. The van der Waals surface area contributed by atoms with Crippen molar-refractivity contribution in [2.75, 3.05) is 0 Å². The number of rotatable bonds is 9. The largest absolute Gasteiger partial charge is 0.459 e. The highest BCUT2D eigenvalue weighted by atomic mass is 19.4. The Morgan fingerprint density at radius 3 is 1.88 bits per heavy atom. The van der Waals surface area contributed by atoms with Gasteiger partial charge in [0.1, 0.15) is 6.10 Å². The van der Waals surface area contributed by atoms with Gasteiger partial charge in [-0.15, -0.1) is 0 Å². The molecule has 0 rings (SSSR count). The first-order valence-electron chi connectivity index (χ1n) is 8.18. The summed E-state index contributed by atoms with van der Waals surface area (Å²) >= 11 is 0. The molecule has 0 aromatic rings. The minimum Gasteiger partial charge on any atom is -0.459 e. The monoisotopic (exact) mass is 376 g/mol. The second-order valence-electron chi connectivity index (χ2n) is 6.84. The number of hydrogen-bond acceptors (Lipinski definition) is 2. The van der Waals surface area contributed by atoms with Gasteiger partial charge in [0.25, 0.3) is 0 Å². The van der Waals surface area contributed by atoms with E-state index >= 15 is 0 Å². The topological polar surface area (TPSA) is 26.3 Å². The lowest BCUT2D eigenvalue weighted by atomic mass is 9.81. The predicted octanol–water partition coefficient (Wildman–Crippen LogP) is 6.21. The molecule has 1 atom stereocenters. The van der Waals surface area contributed by atoms with Crippen molar-refractivity contribution in [2.45, 2.75) is 78.3 Å². The fourth-order valence-corrected chi connectivity index (χ4v) is 2.18. The number of hydrogen-bond donors (Lipinski definition) is 0. The van der Waals surface area contributed by atoms with Crippen molar-refractivity contribution < 1.29 is 35.9 Å². The Bertz CT molecular complexity index is 437. The van der Waals surface area contributed by atoms with Crippen molar-refractivity contribution in [3.63, 3.8) is 0 Å². The second kappa shape index (κ2) is 8.94. The fraction of sp³-hybridized carbons (Fsp3) is 0.824. The Labute approximate surface area is 144 Å². The Kier molecular flexibility index (Phi) is 8.51. The summed E-state index contributed by atoms with van der Waals surface area (Å²) < 4.78 is 83.5. The number of alkyl halides is 6. The van der Waals surface area contributed by atoms with Crippen LogP contribution in [0.1, 0.15) is 59.8 Å². The van der Waals surface area contributed by atoms with E-state index in [1.807, 2.05) is 13.8 Å². The van der Waals surface area contributed by atoms with Crippen molar-refractivity contribution >= 4 is 5.97 Å². The van der Waals surface area contributed by atoms with Gasteiger partial charge in [-0.25, -0.2) is 4.79 Å². The van der Waals surface area contributed by atoms with E-state index in [0.29, 0.717) is 12.8 Å². The van der Waals surface area contributed by atoms with Gasteiger partial charge in [-0.2, -0.15) is 26.3 Å². The van der Waals surface area contributed by atoms with E-state index in [2.05, 4.69) is 6.58 Å². The van der Waals surface area contributed by atoms with E-state index in [4.69, 9.17) is 4.74 Å². The molecule has 0 saturated heterocycles. The molecule has 0 saturated carbocycles. The van der Waals surface area contributed by atoms with E-state index in [0.717, 1.165) is 0 Å². The first kappa shape index (κ1) is 23.8. The average molecular weight is 376 g/mol. The molecule has 1 unspecified atom stereocenters. The molecule has 0 fully saturated rings. The van der Waals surface area contributed by atoms with Gasteiger partial charge in [0.2, 0.25) is 0 Å². The van der Waals surface area contributed by atoms with Crippen molar-refractivity contribution in [1.29, 1.82) is 0 Å². The molecule has 0 aliphatic rings. The molecule has 8 heteroatoms. The van der Waals surface area contributed by atoms with Crippen LogP contribution >= 0.6 is 0 Å². The normalized spacial score (nSPS) is 14.5. The lowest BCUT2D eigenvalue weighted by molar-refractivity contribution is -0.341. The van der Waals surface area contributed by atoms with Crippen LogP contribution in [0.3, 0.4) is 0 Å². The first-order chi connectivity index (χ1) is 11.2. The van der Waals surface area contributed by atoms with Gasteiger partial charge in [0.05, 0.1) is 0 Å². The van der Waals surface area contributed by atoms with Crippen LogP contribution in [0.15, 0.2) is 12.2 Å². The van der Waals surface area contributed by atoms with Crippen molar-refractivity contribution in [3.8, 4) is 0 Å². The van der Waals surface area contributed by atoms with Gasteiger partial charge in [0.15, 0.2) is 5.41 Å². The maximum absolute atomic E-state index is 13.1. The molecule has 0 heterocycles. The van der Waals surface area contributed by atoms with Crippen LogP contribution in [0.5, 0.6) is 0 Å². The van der Waals surface area contributed by atoms with Gasteiger partial charge in [0, 0.05) is 12.0 Å². The zero-order valence-electron chi connectivity index (χ0n) is 15.0. The van der Waals surface area contributed by atoms with Crippen LogP contribution in [0.25, 0.3) is 0 Å². The molecule has 2 nitrogen and oxygen atoms in total. The predicted molar refractivity (Wildman–Crippen MR) is 82.8 cm³/mol. The SMILES string of the molecule is C=C(CC)C(=O)OC(CCCC(C)C)CC(C)(C(F)(F)F)C(F)(F)F. The lowest BCUT2D eigenvalue weighted by Gasteiger charge is -2.36. The number of halogens is 6. The lowest BCUT2D eigenvalue weighted by Crippen LogP contribution is -2.50. The first-order valence-corrected chi connectivity index (χ1v) is 8.18.